The number of carbonyl (C=O) groups is 1. The van der Waals surface area contributed by atoms with Crippen LogP contribution in [-0.2, 0) is 30.7 Å². The minimum absolute atomic E-state index is 0.117. The Morgan fingerprint density at radius 3 is 2.68 bits per heavy atom. The van der Waals surface area contributed by atoms with E-state index in [9.17, 15) is 4.79 Å². The van der Waals surface area contributed by atoms with Crippen molar-refractivity contribution in [2.75, 3.05) is 13.1 Å². The third-order valence-electron chi connectivity index (χ3n) is 5.44. The molecule has 1 amide bonds. The summed E-state index contributed by atoms with van der Waals surface area (Å²) in [7, 11) is 0. The van der Waals surface area contributed by atoms with Gasteiger partial charge in [-0.2, -0.15) is 0 Å². The topological polar surface area (TPSA) is 49.3 Å². The highest BCUT2D eigenvalue weighted by atomic mass is 16.2. The maximum atomic E-state index is 13.0. The fourth-order valence-corrected chi connectivity index (χ4v) is 3.86. The molecular formula is C20H24N4O. The third-order valence-corrected chi connectivity index (χ3v) is 5.44. The van der Waals surface area contributed by atoms with E-state index in [0.717, 1.165) is 50.5 Å². The molecule has 0 spiro atoms. The van der Waals surface area contributed by atoms with Crippen LogP contribution >= 0.6 is 0 Å². The van der Waals surface area contributed by atoms with Crippen molar-refractivity contribution in [2.24, 2.45) is 0 Å². The summed E-state index contributed by atoms with van der Waals surface area (Å²) in [5, 5.41) is 0. The van der Waals surface area contributed by atoms with Gasteiger partial charge in [0.05, 0.1) is 11.7 Å². The van der Waals surface area contributed by atoms with Gasteiger partial charge in [0.25, 0.3) is 0 Å². The summed E-state index contributed by atoms with van der Waals surface area (Å²) in [6.07, 6.45) is 3.79. The number of fused-ring (bicyclic) bond motifs is 2. The second-order valence-corrected chi connectivity index (χ2v) is 7.06. The fourth-order valence-electron chi connectivity index (χ4n) is 3.86. The molecule has 2 aliphatic heterocycles. The van der Waals surface area contributed by atoms with E-state index >= 15 is 0 Å². The Morgan fingerprint density at radius 1 is 1.08 bits per heavy atom. The Morgan fingerprint density at radius 2 is 1.84 bits per heavy atom. The molecule has 0 saturated carbocycles. The van der Waals surface area contributed by atoms with E-state index in [1.165, 1.54) is 16.7 Å². The Hall–Kier alpha value is -2.27. The van der Waals surface area contributed by atoms with Crippen molar-refractivity contribution in [3.63, 3.8) is 0 Å². The molecule has 0 N–H and O–H groups in total. The molecule has 0 saturated heterocycles. The van der Waals surface area contributed by atoms with Crippen molar-refractivity contribution < 1.29 is 4.79 Å². The van der Waals surface area contributed by atoms with Crippen LogP contribution in [-0.4, -0.2) is 44.8 Å². The molecule has 1 aromatic heterocycles. The van der Waals surface area contributed by atoms with Crippen LogP contribution in [0.25, 0.3) is 0 Å². The van der Waals surface area contributed by atoms with Gasteiger partial charge in [-0.25, -0.2) is 9.97 Å². The summed E-state index contributed by atoms with van der Waals surface area (Å²) < 4.78 is 0. The van der Waals surface area contributed by atoms with Crippen molar-refractivity contribution in [3.05, 3.63) is 58.7 Å². The Kier molecular flexibility index (Phi) is 4.25. The molecule has 0 aliphatic carbocycles. The monoisotopic (exact) mass is 336 g/mol. The number of hydrogen-bond acceptors (Lipinski definition) is 4. The molecular weight excluding hydrogens is 312 g/mol. The van der Waals surface area contributed by atoms with Gasteiger partial charge in [-0.3, -0.25) is 9.69 Å². The fraction of sp³-hybridized carbons (Fsp3) is 0.450. The van der Waals surface area contributed by atoms with E-state index in [-0.39, 0.29) is 11.9 Å². The van der Waals surface area contributed by atoms with E-state index in [0.29, 0.717) is 0 Å². The molecule has 130 valence electrons. The second-order valence-electron chi connectivity index (χ2n) is 7.06. The van der Waals surface area contributed by atoms with E-state index < -0.39 is 0 Å². The number of benzene rings is 1. The van der Waals surface area contributed by atoms with Gasteiger partial charge in [-0.05, 0) is 43.4 Å². The highest BCUT2D eigenvalue weighted by Crippen LogP contribution is 2.22. The maximum absolute atomic E-state index is 13.0. The Balaban J connectivity index is 1.46. The average molecular weight is 336 g/mol. The SMILES string of the molecule is Cc1ncc2c(n1)CN([C@@H](C)C(=O)N1CCc3ccccc3C1)CC2. The summed E-state index contributed by atoms with van der Waals surface area (Å²) in [5.74, 6) is 1.02. The summed E-state index contributed by atoms with van der Waals surface area (Å²) in [4.78, 5) is 26.2. The largest absolute Gasteiger partial charge is 0.337 e. The number of carbonyl (C=O) groups excluding carboxylic acids is 1. The van der Waals surface area contributed by atoms with Crippen LogP contribution in [0.15, 0.2) is 30.5 Å². The van der Waals surface area contributed by atoms with Gasteiger partial charge < -0.3 is 4.90 Å². The predicted octanol–water partition coefficient (Wildman–Crippen LogP) is 2.12. The lowest BCUT2D eigenvalue weighted by Gasteiger charge is -2.37. The summed E-state index contributed by atoms with van der Waals surface area (Å²) >= 11 is 0. The standard InChI is InChI=1S/C20H24N4O/c1-14(23-9-8-17-11-21-15(2)22-19(17)13-23)20(25)24-10-7-16-5-3-4-6-18(16)12-24/h3-6,11,14H,7-10,12-13H2,1-2H3/t14-/m0/s1. The van der Waals surface area contributed by atoms with Crippen molar-refractivity contribution >= 4 is 5.91 Å². The van der Waals surface area contributed by atoms with Gasteiger partial charge in [-0.1, -0.05) is 24.3 Å². The first-order chi connectivity index (χ1) is 12.1. The number of hydrogen-bond donors (Lipinski definition) is 0. The molecule has 3 heterocycles. The first-order valence-corrected chi connectivity index (χ1v) is 9.03. The molecule has 1 atom stereocenters. The van der Waals surface area contributed by atoms with Crippen molar-refractivity contribution in [3.8, 4) is 0 Å². The lowest BCUT2D eigenvalue weighted by atomic mass is 9.99. The lowest BCUT2D eigenvalue weighted by molar-refractivity contribution is -0.137. The van der Waals surface area contributed by atoms with Crippen molar-refractivity contribution in [1.29, 1.82) is 0 Å². The summed E-state index contributed by atoms with van der Waals surface area (Å²) in [6, 6.07) is 8.32. The van der Waals surface area contributed by atoms with Crippen LogP contribution < -0.4 is 0 Å². The molecule has 0 bridgehead atoms. The quantitative estimate of drug-likeness (QED) is 0.843. The van der Waals surface area contributed by atoms with E-state index in [1.54, 1.807) is 0 Å². The first kappa shape index (κ1) is 16.2. The summed E-state index contributed by atoms with van der Waals surface area (Å²) in [6.45, 7) is 7.10. The second kappa shape index (κ2) is 6.56. The molecule has 0 unspecified atom stereocenters. The maximum Gasteiger partial charge on any atom is 0.239 e. The van der Waals surface area contributed by atoms with Gasteiger partial charge in [-0.15, -0.1) is 0 Å². The molecule has 2 aromatic rings. The van der Waals surface area contributed by atoms with Crippen LogP contribution in [0.1, 0.15) is 35.1 Å². The van der Waals surface area contributed by atoms with Gasteiger partial charge in [0, 0.05) is 32.4 Å². The Bertz CT molecular complexity index is 804. The zero-order valence-corrected chi connectivity index (χ0v) is 14.9. The minimum Gasteiger partial charge on any atom is -0.337 e. The molecule has 1 aromatic carbocycles. The van der Waals surface area contributed by atoms with Gasteiger partial charge in [0.15, 0.2) is 0 Å². The molecule has 5 heteroatoms. The van der Waals surface area contributed by atoms with E-state index in [1.807, 2.05) is 24.9 Å². The number of nitrogens with zero attached hydrogens (tertiary/aromatic N) is 4. The van der Waals surface area contributed by atoms with Crippen LogP contribution in [0.2, 0.25) is 0 Å². The highest BCUT2D eigenvalue weighted by Gasteiger charge is 2.30. The first-order valence-electron chi connectivity index (χ1n) is 9.03. The zero-order valence-electron chi connectivity index (χ0n) is 14.9. The molecule has 0 radical (unpaired) electrons. The number of aryl methyl sites for hydroxylation is 1. The third kappa shape index (κ3) is 3.16. The van der Waals surface area contributed by atoms with Crippen LogP contribution in [0.4, 0.5) is 0 Å². The van der Waals surface area contributed by atoms with E-state index in [4.69, 9.17) is 0 Å². The smallest absolute Gasteiger partial charge is 0.239 e. The van der Waals surface area contributed by atoms with Crippen LogP contribution in [0, 0.1) is 6.92 Å². The molecule has 2 aliphatic rings. The summed E-state index contributed by atoms with van der Waals surface area (Å²) in [5.41, 5.74) is 4.94. The minimum atomic E-state index is -0.117. The molecule has 4 rings (SSSR count). The number of rotatable bonds is 2. The average Bonchev–Trinajstić information content (AvgIpc) is 2.65. The predicted molar refractivity (Wildman–Crippen MR) is 95.9 cm³/mol. The lowest BCUT2D eigenvalue weighted by Crippen LogP contribution is -2.50. The zero-order chi connectivity index (χ0) is 17.4. The van der Waals surface area contributed by atoms with Crippen LogP contribution in [0.5, 0.6) is 0 Å². The number of amides is 1. The van der Waals surface area contributed by atoms with E-state index in [2.05, 4.69) is 39.1 Å². The number of aromatic nitrogens is 2. The molecule has 5 nitrogen and oxygen atoms in total. The van der Waals surface area contributed by atoms with Gasteiger partial charge in [0.1, 0.15) is 5.82 Å². The van der Waals surface area contributed by atoms with Gasteiger partial charge in [0.2, 0.25) is 5.91 Å². The normalized spacial score (nSPS) is 18.4. The van der Waals surface area contributed by atoms with Crippen molar-refractivity contribution in [2.45, 2.75) is 45.8 Å². The van der Waals surface area contributed by atoms with Crippen molar-refractivity contribution in [1.82, 2.24) is 19.8 Å². The highest BCUT2D eigenvalue weighted by molar-refractivity contribution is 5.81. The molecule has 0 fully saturated rings. The molecule has 25 heavy (non-hydrogen) atoms. The Labute approximate surface area is 148 Å². The van der Waals surface area contributed by atoms with Gasteiger partial charge >= 0.3 is 0 Å². The van der Waals surface area contributed by atoms with Crippen LogP contribution in [0.3, 0.4) is 0 Å².